The molecule has 0 saturated heterocycles. The van der Waals surface area contributed by atoms with Crippen LogP contribution in [0.3, 0.4) is 0 Å². The number of benzene rings is 2. The van der Waals surface area contributed by atoms with Gasteiger partial charge in [0.15, 0.2) is 0 Å². The van der Waals surface area contributed by atoms with Crippen LogP contribution in [0.15, 0.2) is 53.1 Å². The Morgan fingerprint density at radius 3 is 2.56 bits per heavy atom. The van der Waals surface area contributed by atoms with Crippen LogP contribution in [0.4, 0.5) is 0 Å². The highest BCUT2D eigenvalue weighted by Gasteiger charge is 2.22. The van der Waals surface area contributed by atoms with Gasteiger partial charge in [0, 0.05) is 17.2 Å². The summed E-state index contributed by atoms with van der Waals surface area (Å²) in [4.78, 5) is 19.1. The first-order chi connectivity index (χ1) is 13.0. The van der Waals surface area contributed by atoms with Crippen molar-refractivity contribution in [2.24, 2.45) is 0 Å². The molecule has 0 radical (unpaired) electrons. The van der Waals surface area contributed by atoms with Crippen molar-refractivity contribution in [3.63, 3.8) is 0 Å². The van der Waals surface area contributed by atoms with Crippen molar-refractivity contribution in [3.8, 4) is 17.1 Å². The molecule has 0 N–H and O–H groups in total. The van der Waals surface area contributed by atoms with Crippen LogP contribution >= 0.6 is 0 Å². The van der Waals surface area contributed by atoms with Gasteiger partial charge in [-0.1, -0.05) is 22.9 Å². The summed E-state index contributed by atoms with van der Waals surface area (Å²) in [5.74, 6) is 1.59. The van der Waals surface area contributed by atoms with Gasteiger partial charge in [-0.05, 0) is 57.2 Å². The lowest BCUT2D eigenvalue weighted by Crippen LogP contribution is -2.36. The van der Waals surface area contributed by atoms with E-state index < -0.39 is 0 Å². The molecule has 3 aromatic rings. The molecule has 27 heavy (non-hydrogen) atoms. The van der Waals surface area contributed by atoms with Crippen molar-refractivity contribution >= 4 is 5.91 Å². The Bertz CT molecular complexity index is 916. The molecule has 0 bridgehead atoms. The molecule has 0 saturated carbocycles. The van der Waals surface area contributed by atoms with Crippen LogP contribution in [0.2, 0.25) is 0 Å². The van der Waals surface area contributed by atoms with Crippen molar-refractivity contribution < 1.29 is 14.1 Å². The summed E-state index contributed by atoms with van der Waals surface area (Å²) in [5.41, 5.74) is 2.52. The minimum Gasteiger partial charge on any atom is -0.497 e. The van der Waals surface area contributed by atoms with Crippen LogP contribution in [0.25, 0.3) is 11.4 Å². The van der Waals surface area contributed by atoms with Crippen LogP contribution in [-0.2, 0) is 6.54 Å². The van der Waals surface area contributed by atoms with Crippen molar-refractivity contribution in [1.82, 2.24) is 15.0 Å². The van der Waals surface area contributed by atoms with Gasteiger partial charge < -0.3 is 14.2 Å². The van der Waals surface area contributed by atoms with E-state index >= 15 is 0 Å². The smallest absolute Gasteiger partial charge is 0.254 e. The van der Waals surface area contributed by atoms with E-state index in [4.69, 9.17) is 9.26 Å². The molecule has 1 amide bonds. The maximum Gasteiger partial charge on any atom is 0.254 e. The largest absolute Gasteiger partial charge is 0.497 e. The van der Waals surface area contributed by atoms with Gasteiger partial charge in [0.2, 0.25) is 11.7 Å². The molecule has 1 heterocycles. The third kappa shape index (κ3) is 4.34. The first kappa shape index (κ1) is 18.6. The summed E-state index contributed by atoms with van der Waals surface area (Å²) in [6, 6.07) is 15.0. The molecule has 0 unspecified atom stereocenters. The number of aryl methyl sites for hydroxylation is 1. The number of carbonyl (C=O) groups is 1. The second-order valence-electron chi connectivity index (χ2n) is 6.64. The van der Waals surface area contributed by atoms with E-state index in [0.717, 1.165) is 16.9 Å². The zero-order valence-electron chi connectivity index (χ0n) is 16.0. The number of hydrogen-bond donors (Lipinski definition) is 0. The van der Waals surface area contributed by atoms with Crippen LogP contribution in [0, 0.1) is 6.92 Å². The highest BCUT2D eigenvalue weighted by molar-refractivity contribution is 5.94. The molecular weight excluding hydrogens is 342 g/mol. The maximum absolute atomic E-state index is 12.9. The molecule has 0 spiro atoms. The van der Waals surface area contributed by atoms with E-state index in [1.54, 1.807) is 12.0 Å². The monoisotopic (exact) mass is 365 g/mol. The number of aromatic nitrogens is 2. The lowest BCUT2D eigenvalue weighted by Gasteiger charge is -2.25. The van der Waals surface area contributed by atoms with Gasteiger partial charge in [-0.3, -0.25) is 4.79 Å². The zero-order valence-corrected chi connectivity index (χ0v) is 16.0. The normalized spacial score (nSPS) is 10.9. The van der Waals surface area contributed by atoms with Crippen molar-refractivity contribution in [2.75, 3.05) is 7.11 Å². The summed E-state index contributed by atoms with van der Waals surface area (Å²) >= 11 is 0. The topological polar surface area (TPSA) is 68.5 Å². The minimum atomic E-state index is -0.0575. The summed E-state index contributed by atoms with van der Waals surface area (Å²) < 4.78 is 10.5. The van der Waals surface area contributed by atoms with Gasteiger partial charge in [0.05, 0.1) is 7.11 Å². The highest BCUT2D eigenvalue weighted by atomic mass is 16.5. The molecule has 0 aliphatic rings. The van der Waals surface area contributed by atoms with Gasteiger partial charge >= 0.3 is 0 Å². The molecule has 0 aliphatic carbocycles. The maximum atomic E-state index is 12.9. The second kappa shape index (κ2) is 8.03. The number of carbonyl (C=O) groups excluding carboxylic acids is 1. The van der Waals surface area contributed by atoms with Gasteiger partial charge in [0.1, 0.15) is 12.3 Å². The molecule has 0 fully saturated rings. The number of ether oxygens (including phenoxy) is 1. The molecule has 6 heteroatoms. The Kier molecular flexibility index (Phi) is 5.54. The molecule has 6 nitrogen and oxygen atoms in total. The average Bonchev–Trinajstić information content (AvgIpc) is 3.14. The summed E-state index contributed by atoms with van der Waals surface area (Å²) in [6.07, 6.45) is 0. The SMILES string of the molecule is COc1ccc(-c2noc(CN(C(=O)c3cccc(C)c3)C(C)C)n2)cc1. The number of rotatable bonds is 6. The quantitative estimate of drug-likeness (QED) is 0.658. The molecule has 2 aromatic carbocycles. The lowest BCUT2D eigenvalue weighted by atomic mass is 10.1. The highest BCUT2D eigenvalue weighted by Crippen LogP contribution is 2.21. The van der Waals surface area contributed by atoms with Crippen LogP contribution in [-0.4, -0.2) is 34.1 Å². The number of nitrogens with zero attached hydrogens (tertiary/aromatic N) is 3. The average molecular weight is 365 g/mol. The first-order valence-electron chi connectivity index (χ1n) is 8.82. The number of methoxy groups -OCH3 is 1. The van der Waals surface area contributed by atoms with E-state index in [9.17, 15) is 4.79 Å². The Morgan fingerprint density at radius 2 is 1.93 bits per heavy atom. The van der Waals surface area contributed by atoms with Crippen molar-refractivity contribution in [2.45, 2.75) is 33.4 Å². The number of hydrogen-bond acceptors (Lipinski definition) is 5. The van der Waals surface area contributed by atoms with Crippen LogP contribution < -0.4 is 4.74 Å². The Labute approximate surface area is 158 Å². The van der Waals surface area contributed by atoms with E-state index in [-0.39, 0.29) is 18.5 Å². The summed E-state index contributed by atoms with van der Waals surface area (Å²) in [7, 11) is 1.62. The molecule has 1 aromatic heterocycles. The fourth-order valence-electron chi connectivity index (χ4n) is 2.75. The van der Waals surface area contributed by atoms with Crippen LogP contribution in [0.1, 0.15) is 35.7 Å². The minimum absolute atomic E-state index is 0.00523. The van der Waals surface area contributed by atoms with Crippen molar-refractivity contribution in [3.05, 3.63) is 65.5 Å². The van der Waals surface area contributed by atoms with Gasteiger partial charge in [-0.15, -0.1) is 0 Å². The fourth-order valence-corrected chi connectivity index (χ4v) is 2.75. The Morgan fingerprint density at radius 1 is 1.19 bits per heavy atom. The summed E-state index contributed by atoms with van der Waals surface area (Å²) in [6.45, 7) is 6.16. The lowest BCUT2D eigenvalue weighted by molar-refractivity contribution is 0.0667. The van der Waals surface area contributed by atoms with Gasteiger partial charge in [-0.2, -0.15) is 4.98 Å². The summed E-state index contributed by atoms with van der Waals surface area (Å²) in [5, 5.41) is 4.04. The first-order valence-corrected chi connectivity index (χ1v) is 8.82. The fraction of sp³-hybridized carbons (Fsp3) is 0.286. The predicted molar refractivity (Wildman–Crippen MR) is 102 cm³/mol. The molecular formula is C21H23N3O3. The molecule has 3 rings (SSSR count). The van der Waals surface area contributed by atoms with Crippen molar-refractivity contribution in [1.29, 1.82) is 0 Å². The predicted octanol–water partition coefficient (Wildman–Crippen LogP) is 4.10. The van der Waals surface area contributed by atoms with Gasteiger partial charge in [-0.25, -0.2) is 0 Å². The molecule has 0 atom stereocenters. The third-order valence-corrected chi connectivity index (χ3v) is 4.27. The van der Waals surface area contributed by atoms with Crippen LogP contribution in [0.5, 0.6) is 5.75 Å². The third-order valence-electron chi connectivity index (χ3n) is 4.27. The standard InChI is InChI=1S/C21H23N3O3/c1-14(2)24(21(25)17-7-5-6-15(3)12-17)13-19-22-20(23-27-19)16-8-10-18(26-4)11-9-16/h5-12,14H,13H2,1-4H3. The van der Waals surface area contributed by atoms with E-state index in [1.807, 2.05) is 69.3 Å². The zero-order chi connectivity index (χ0) is 19.4. The van der Waals surface area contributed by atoms with E-state index in [2.05, 4.69) is 10.1 Å². The Balaban J connectivity index is 1.79. The van der Waals surface area contributed by atoms with E-state index in [1.165, 1.54) is 0 Å². The second-order valence-corrected chi connectivity index (χ2v) is 6.64. The Hall–Kier alpha value is -3.15. The van der Waals surface area contributed by atoms with E-state index in [0.29, 0.717) is 17.3 Å². The molecule has 140 valence electrons. The van der Waals surface area contributed by atoms with Gasteiger partial charge in [0.25, 0.3) is 5.91 Å². The number of amides is 1. The molecule has 0 aliphatic heterocycles.